The van der Waals surface area contributed by atoms with Crippen LogP contribution in [0.5, 0.6) is 0 Å². The summed E-state index contributed by atoms with van der Waals surface area (Å²) in [7, 11) is 0. The Hall–Kier alpha value is -5.40. The van der Waals surface area contributed by atoms with Gasteiger partial charge in [0.15, 0.2) is 0 Å². The van der Waals surface area contributed by atoms with Crippen LogP contribution in [0.4, 0.5) is 0 Å². The van der Waals surface area contributed by atoms with Crippen LogP contribution in [0.15, 0.2) is 138 Å². The number of rotatable bonds is 3. The Labute approximate surface area is 250 Å². The van der Waals surface area contributed by atoms with Gasteiger partial charge >= 0.3 is 0 Å². The van der Waals surface area contributed by atoms with Crippen LogP contribution in [-0.2, 0) is 0 Å². The van der Waals surface area contributed by atoms with Crippen molar-refractivity contribution in [3.63, 3.8) is 0 Å². The molecule has 8 aromatic carbocycles. The highest BCUT2D eigenvalue weighted by Crippen LogP contribution is 2.44. The lowest BCUT2D eigenvalue weighted by Crippen LogP contribution is -1.92. The molecule has 0 saturated carbocycles. The zero-order valence-electron chi connectivity index (χ0n) is 24.1. The van der Waals surface area contributed by atoms with Gasteiger partial charge in [0.25, 0.3) is 0 Å². The molecule has 0 bridgehead atoms. The van der Waals surface area contributed by atoms with E-state index in [1.54, 1.807) is 0 Å². The molecule has 9 rings (SSSR count). The van der Waals surface area contributed by atoms with Gasteiger partial charge in [-0.15, -0.1) is 0 Å². The lowest BCUT2D eigenvalue weighted by molar-refractivity contribution is 0.670. The molecule has 0 aliphatic carbocycles. The van der Waals surface area contributed by atoms with Crippen molar-refractivity contribution in [2.24, 2.45) is 0 Å². The van der Waals surface area contributed by atoms with Gasteiger partial charge in [-0.25, -0.2) is 0 Å². The summed E-state index contributed by atoms with van der Waals surface area (Å²) in [5.41, 5.74) is 11.8. The molecule has 0 saturated heterocycles. The normalized spacial score (nSPS) is 12.0. The predicted octanol–water partition coefficient (Wildman–Crippen LogP) is 12.1. The van der Waals surface area contributed by atoms with E-state index in [-0.39, 0.29) is 0 Å². The van der Waals surface area contributed by atoms with Crippen molar-refractivity contribution in [1.82, 2.24) is 0 Å². The first kappa shape index (κ1) is 24.2. The maximum absolute atomic E-state index is 6.34. The van der Waals surface area contributed by atoms with Crippen molar-refractivity contribution in [2.75, 3.05) is 0 Å². The van der Waals surface area contributed by atoms with Gasteiger partial charge in [0, 0.05) is 16.3 Å². The third-order valence-corrected chi connectivity index (χ3v) is 9.26. The van der Waals surface area contributed by atoms with Crippen LogP contribution in [0.25, 0.3) is 87.6 Å². The van der Waals surface area contributed by atoms with Gasteiger partial charge in [-0.1, -0.05) is 133 Å². The minimum Gasteiger partial charge on any atom is -0.455 e. The number of hydrogen-bond acceptors (Lipinski definition) is 1. The molecule has 1 aromatic heterocycles. The Bertz CT molecular complexity index is 2490. The molecule has 0 aliphatic heterocycles. The van der Waals surface area contributed by atoms with E-state index in [1.807, 2.05) is 12.1 Å². The molecule has 1 nitrogen and oxygen atoms in total. The van der Waals surface area contributed by atoms with E-state index in [4.69, 9.17) is 4.42 Å². The third-order valence-electron chi connectivity index (χ3n) is 9.26. The molecule has 0 atom stereocenters. The molecule has 9 aromatic rings. The fraction of sp³-hybridized carbons (Fsp3) is 0.0476. The summed E-state index contributed by atoms with van der Waals surface area (Å²) in [5.74, 6) is 0. The molecule has 0 radical (unpaired) electrons. The van der Waals surface area contributed by atoms with Crippen molar-refractivity contribution in [1.29, 1.82) is 0 Å². The minimum atomic E-state index is 0.927. The molecule has 202 valence electrons. The summed E-state index contributed by atoms with van der Waals surface area (Å²) < 4.78 is 6.34. The van der Waals surface area contributed by atoms with Crippen molar-refractivity contribution < 1.29 is 4.42 Å². The molecule has 0 aliphatic rings. The monoisotopic (exact) mass is 548 g/mol. The number of fused-ring (bicyclic) bond motifs is 3. The lowest BCUT2D eigenvalue weighted by atomic mass is 9.85. The van der Waals surface area contributed by atoms with Crippen LogP contribution >= 0.6 is 0 Å². The smallest absolute Gasteiger partial charge is 0.143 e. The highest BCUT2D eigenvalue weighted by Gasteiger charge is 2.17. The van der Waals surface area contributed by atoms with Crippen LogP contribution in [0.3, 0.4) is 0 Å². The third kappa shape index (κ3) is 3.58. The number of hydrogen-bond donors (Lipinski definition) is 0. The summed E-state index contributed by atoms with van der Waals surface area (Å²) in [4.78, 5) is 0. The van der Waals surface area contributed by atoms with E-state index in [0.29, 0.717) is 0 Å². The topological polar surface area (TPSA) is 13.1 Å². The zero-order chi connectivity index (χ0) is 28.7. The number of aryl methyl sites for hydroxylation is 2. The average molecular weight is 549 g/mol. The van der Waals surface area contributed by atoms with Gasteiger partial charge in [0.2, 0.25) is 0 Å². The number of benzene rings is 8. The van der Waals surface area contributed by atoms with E-state index >= 15 is 0 Å². The summed E-state index contributed by atoms with van der Waals surface area (Å²) in [5, 5.41) is 10.2. The second-order valence-corrected chi connectivity index (χ2v) is 11.8. The Balaban J connectivity index is 1.22. The molecular formula is C42H28O. The SMILES string of the molecule is Cc1ccc(-c2ccc3ccc4c(-c5ccc(-c6cccc7c6oc6ccccc67)cc5)cc(C)c5ccc2c3c54)cc1. The maximum Gasteiger partial charge on any atom is 0.143 e. The standard InChI is InChI=1S/C42H28O/c1-25-10-12-27(13-11-25)32-20-18-30-19-21-36-38(24-26(2)31-22-23-35(32)40(30)41(31)36)29-16-14-28(15-17-29)33-7-5-8-37-34-6-3-4-9-39(34)43-42(33)37/h3-24H,1-2H3. The molecule has 0 amide bonds. The van der Waals surface area contributed by atoms with Gasteiger partial charge in [-0.3, -0.25) is 0 Å². The van der Waals surface area contributed by atoms with Crippen molar-refractivity contribution in [2.45, 2.75) is 13.8 Å². The highest BCUT2D eigenvalue weighted by atomic mass is 16.3. The lowest BCUT2D eigenvalue weighted by Gasteiger charge is -2.18. The van der Waals surface area contributed by atoms with Gasteiger partial charge in [-0.05, 0) is 85.6 Å². The van der Waals surface area contributed by atoms with Crippen LogP contribution in [0.2, 0.25) is 0 Å². The molecule has 0 fully saturated rings. The van der Waals surface area contributed by atoms with Gasteiger partial charge in [0.05, 0.1) is 0 Å². The molecule has 1 heterocycles. The second kappa shape index (κ2) is 9.05. The molecule has 43 heavy (non-hydrogen) atoms. The fourth-order valence-electron chi connectivity index (χ4n) is 7.10. The molecule has 0 spiro atoms. The highest BCUT2D eigenvalue weighted by molar-refractivity contribution is 6.28. The number of para-hydroxylation sites is 2. The predicted molar refractivity (Wildman–Crippen MR) is 183 cm³/mol. The first-order chi connectivity index (χ1) is 21.1. The van der Waals surface area contributed by atoms with Crippen LogP contribution in [0.1, 0.15) is 11.1 Å². The van der Waals surface area contributed by atoms with E-state index in [0.717, 1.165) is 33.1 Å². The van der Waals surface area contributed by atoms with Crippen molar-refractivity contribution >= 4 is 54.3 Å². The molecular weight excluding hydrogens is 520 g/mol. The summed E-state index contributed by atoms with van der Waals surface area (Å²) in [6.07, 6.45) is 0. The maximum atomic E-state index is 6.34. The Morgan fingerprint density at radius 2 is 1.05 bits per heavy atom. The molecule has 0 unspecified atom stereocenters. The van der Waals surface area contributed by atoms with Gasteiger partial charge < -0.3 is 4.42 Å². The minimum absolute atomic E-state index is 0.927. The number of furan rings is 1. The van der Waals surface area contributed by atoms with E-state index in [1.165, 1.54) is 65.7 Å². The first-order valence-electron chi connectivity index (χ1n) is 14.9. The zero-order valence-corrected chi connectivity index (χ0v) is 24.1. The van der Waals surface area contributed by atoms with E-state index in [2.05, 4.69) is 135 Å². The fourth-order valence-corrected chi connectivity index (χ4v) is 7.10. The summed E-state index contributed by atoms with van der Waals surface area (Å²) in [6.45, 7) is 4.39. The van der Waals surface area contributed by atoms with E-state index < -0.39 is 0 Å². The molecule has 1 heteroatoms. The summed E-state index contributed by atoms with van der Waals surface area (Å²) in [6, 6.07) is 48.8. The second-order valence-electron chi connectivity index (χ2n) is 11.8. The average Bonchev–Trinajstić information content (AvgIpc) is 3.44. The molecule has 0 N–H and O–H groups in total. The Morgan fingerprint density at radius 1 is 0.419 bits per heavy atom. The largest absolute Gasteiger partial charge is 0.455 e. The van der Waals surface area contributed by atoms with Gasteiger partial charge in [0.1, 0.15) is 11.2 Å². The van der Waals surface area contributed by atoms with E-state index in [9.17, 15) is 0 Å². The van der Waals surface area contributed by atoms with Crippen LogP contribution in [0, 0.1) is 13.8 Å². The summed E-state index contributed by atoms with van der Waals surface area (Å²) >= 11 is 0. The van der Waals surface area contributed by atoms with Gasteiger partial charge in [-0.2, -0.15) is 0 Å². The van der Waals surface area contributed by atoms with Crippen LogP contribution in [-0.4, -0.2) is 0 Å². The van der Waals surface area contributed by atoms with Crippen molar-refractivity contribution in [3.8, 4) is 33.4 Å². The Morgan fingerprint density at radius 3 is 1.88 bits per heavy atom. The Kier molecular flexibility index (Phi) is 5.10. The first-order valence-corrected chi connectivity index (χ1v) is 14.9. The van der Waals surface area contributed by atoms with Crippen LogP contribution < -0.4 is 0 Å². The quantitative estimate of drug-likeness (QED) is 0.200. The van der Waals surface area contributed by atoms with Crippen molar-refractivity contribution in [3.05, 3.63) is 145 Å².